The number of aliphatic carboxylic acids is 1. The van der Waals surface area contributed by atoms with Crippen molar-refractivity contribution in [1.82, 2.24) is 4.90 Å². The molecule has 2 atom stereocenters. The van der Waals surface area contributed by atoms with Crippen LogP contribution in [0, 0.1) is 5.82 Å². The Morgan fingerprint density at radius 3 is 2.60 bits per heavy atom. The van der Waals surface area contributed by atoms with Gasteiger partial charge in [0.05, 0.1) is 16.1 Å². The van der Waals surface area contributed by atoms with Gasteiger partial charge in [-0.2, -0.15) is 0 Å². The molecule has 1 aliphatic rings. The van der Waals surface area contributed by atoms with E-state index in [2.05, 4.69) is 0 Å². The summed E-state index contributed by atoms with van der Waals surface area (Å²) in [5.41, 5.74) is 1.17. The number of hydrogen-bond acceptors (Lipinski definition) is 2. The van der Waals surface area contributed by atoms with Gasteiger partial charge < -0.3 is 5.11 Å². The summed E-state index contributed by atoms with van der Waals surface area (Å²) >= 11 is 12.2. The molecule has 0 spiro atoms. The standard InChI is InChI=1S/C19H18Cl2FNO2/c20-14-9-8-12(11-15(14)21)18(13-5-1-2-6-16(13)22)23-10-4-3-7-17(23)19(24)25/h1-2,5-6,8-9,11,17-18H,3-4,7,10H2,(H,24,25). The van der Waals surface area contributed by atoms with Crippen molar-refractivity contribution in [3.63, 3.8) is 0 Å². The zero-order valence-electron chi connectivity index (χ0n) is 13.5. The second-order valence-electron chi connectivity index (χ2n) is 6.19. The predicted molar refractivity (Wildman–Crippen MR) is 96.7 cm³/mol. The first kappa shape index (κ1) is 18.2. The van der Waals surface area contributed by atoms with Gasteiger partial charge in [0.25, 0.3) is 0 Å². The van der Waals surface area contributed by atoms with E-state index in [1.807, 2.05) is 4.90 Å². The summed E-state index contributed by atoms with van der Waals surface area (Å²) in [6.45, 7) is 0.580. The number of carboxylic acid groups (broad SMARTS) is 1. The molecule has 25 heavy (non-hydrogen) atoms. The topological polar surface area (TPSA) is 40.5 Å². The van der Waals surface area contributed by atoms with E-state index in [-0.39, 0.29) is 5.82 Å². The van der Waals surface area contributed by atoms with Crippen molar-refractivity contribution in [2.24, 2.45) is 0 Å². The molecule has 132 valence electrons. The third kappa shape index (κ3) is 3.81. The van der Waals surface area contributed by atoms with Crippen LogP contribution in [0.25, 0.3) is 0 Å². The second-order valence-corrected chi connectivity index (χ2v) is 7.00. The summed E-state index contributed by atoms with van der Waals surface area (Å²) in [7, 11) is 0. The molecule has 0 aliphatic carbocycles. The molecule has 1 saturated heterocycles. The molecule has 0 aromatic heterocycles. The number of nitrogens with zero attached hydrogens (tertiary/aromatic N) is 1. The highest BCUT2D eigenvalue weighted by Crippen LogP contribution is 2.37. The molecular formula is C19H18Cl2FNO2. The summed E-state index contributed by atoms with van der Waals surface area (Å²) in [5, 5.41) is 10.4. The minimum atomic E-state index is -0.888. The van der Waals surface area contributed by atoms with Crippen LogP contribution in [0.4, 0.5) is 4.39 Å². The van der Waals surface area contributed by atoms with Gasteiger partial charge in [-0.05, 0) is 43.1 Å². The highest BCUT2D eigenvalue weighted by atomic mass is 35.5. The van der Waals surface area contributed by atoms with Crippen LogP contribution in [-0.4, -0.2) is 28.6 Å². The Bertz CT molecular complexity index is 784. The number of carboxylic acids is 1. The normalized spacial score (nSPS) is 19.6. The van der Waals surface area contributed by atoms with Crippen molar-refractivity contribution in [2.75, 3.05) is 6.54 Å². The van der Waals surface area contributed by atoms with Crippen LogP contribution in [0.5, 0.6) is 0 Å². The number of likely N-dealkylation sites (tertiary alicyclic amines) is 1. The molecule has 2 aromatic rings. The molecule has 0 amide bonds. The summed E-state index contributed by atoms with van der Waals surface area (Å²) < 4.78 is 14.6. The lowest BCUT2D eigenvalue weighted by molar-refractivity contribution is -0.145. The summed E-state index contributed by atoms with van der Waals surface area (Å²) in [5.74, 6) is -1.26. The summed E-state index contributed by atoms with van der Waals surface area (Å²) in [6, 6.07) is 10.4. The predicted octanol–water partition coefficient (Wildman–Crippen LogP) is 5.16. The third-order valence-electron chi connectivity index (χ3n) is 4.62. The van der Waals surface area contributed by atoms with E-state index in [4.69, 9.17) is 23.2 Å². The Kier molecular flexibility index (Phi) is 5.62. The Morgan fingerprint density at radius 2 is 1.92 bits per heavy atom. The first-order valence-electron chi connectivity index (χ1n) is 8.17. The van der Waals surface area contributed by atoms with Crippen LogP contribution < -0.4 is 0 Å². The van der Waals surface area contributed by atoms with Gasteiger partial charge in [0.1, 0.15) is 11.9 Å². The molecule has 1 N–H and O–H groups in total. The van der Waals surface area contributed by atoms with Gasteiger partial charge in [0.15, 0.2) is 0 Å². The molecule has 1 heterocycles. The quantitative estimate of drug-likeness (QED) is 0.794. The molecule has 0 radical (unpaired) electrons. The smallest absolute Gasteiger partial charge is 0.320 e. The van der Waals surface area contributed by atoms with Crippen LogP contribution in [0.1, 0.15) is 36.4 Å². The van der Waals surface area contributed by atoms with E-state index in [1.165, 1.54) is 6.07 Å². The van der Waals surface area contributed by atoms with Crippen LogP contribution in [0.15, 0.2) is 42.5 Å². The lowest BCUT2D eigenvalue weighted by atomic mass is 9.91. The van der Waals surface area contributed by atoms with Gasteiger partial charge in [-0.1, -0.05) is 53.9 Å². The molecule has 6 heteroatoms. The Balaban J connectivity index is 2.13. The molecule has 1 aliphatic heterocycles. The van der Waals surface area contributed by atoms with Crippen molar-refractivity contribution in [3.05, 3.63) is 69.5 Å². The van der Waals surface area contributed by atoms with Gasteiger partial charge in [-0.3, -0.25) is 9.69 Å². The maximum absolute atomic E-state index is 14.6. The van der Waals surface area contributed by atoms with E-state index in [0.29, 0.717) is 28.6 Å². The fourth-order valence-electron chi connectivity index (χ4n) is 3.46. The van der Waals surface area contributed by atoms with Gasteiger partial charge in [0.2, 0.25) is 0 Å². The van der Waals surface area contributed by atoms with Gasteiger partial charge in [-0.15, -0.1) is 0 Å². The minimum Gasteiger partial charge on any atom is -0.480 e. The van der Waals surface area contributed by atoms with Crippen molar-refractivity contribution >= 4 is 29.2 Å². The van der Waals surface area contributed by atoms with Crippen LogP contribution in [0.2, 0.25) is 10.0 Å². The van der Waals surface area contributed by atoms with Gasteiger partial charge >= 0.3 is 5.97 Å². The lowest BCUT2D eigenvalue weighted by Gasteiger charge is -2.39. The molecule has 3 rings (SSSR count). The minimum absolute atomic E-state index is 0.365. The molecule has 2 unspecified atom stereocenters. The Morgan fingerprint density at radius 1 is 1.16 bits per heavy atom. The van der Waals surface area contributed by atoms with Gasteiger partial charge in [-0.25, -0.2) is 4.39 Å². The second kappa shape index (κ2) is 7.73. The first-order valence-corrected chi connectivity index (χ1v) is 8.92. The van der Waals surface area contributed by atoms with Crippen molar-refractivity contribution in [1.29, 1.82) is 0 Å². The van der Waals surface area contributed by atoms with E-state index in [1.54, 1.807) is 36.4 Å². The number of rotatable bonds is 4. The number of hydrogen-bond donors (Lipinski definition) is 1. The maximum Gasteiger partial charge on any atom is 0.320 e. The Hall–Kier alpha value is -1.62. The SMILES string of the molecule is O=C(O)C1CCCCN1C(c1ccc(Cl)c(Cl)c1)c1ccccc1F. The zero-order valence-corrected chi connectivity index (χ0v) is 15.0. The van der Waals surface area contributed by atoms with E-state index in [9.17, 15) is 14.3 Å². The molecule has 0 saturated carbocycles. The van der Waals surface area contributed by atoms with E-state index in [0.717, 1.165) is 18.4 Å². The number of halogens is 3. The van der Waals surface area contributed by atoms with E-state index >= 15 is 0 Å². The van der Waals surface area contributed by atoms with Crippen molar-refractivity contribution < 1.29 is 14.3 Å². The van der Waals surface area contributed by atoms with Gasteiger partial charge in [0, 0.05) is 5.56 Å². The van der Waals surface area contributed by atoms with Crippen LogP contribution >= 0.6 is 23.2 Å². The highest BCUT2D eigenvalue weighted by Gasteiger charge is 2.36. The molecule has 0 bridgehead atoms. The van der Waals surface area contributed by atoms with Crippen molar-refractivity contribution in [3.8, 4) is 0 Å². The maximum atomic E-state index is 14.6. The monoisotopic (exact) mass is 381 g/mol. The van der Waals surface area contributed by atoms with Crippen LogP contribution in [-0.2, 0) is 4.79 Å². The number of carbonyl (C=O) groups is 1. The van der Waals surface area contributed by atoms with E-state index < -0.39 is 18.1 Å². The molecule has 1 fully saturated rings. The number of benzene rings is 2. The fourth-order valence-corrected chi connectivity index (χ4v) is 3.76. The molecule has 2 aromatic carbocycles. The first-order chi connectivity index (χ1) is 12.0. The summed E-state index contributed by atoms with van der Waals surface area (Å²) in [6.07, 6.45) is 2.26. The zero-order chi connectivity index (χ0) is 18.0. The molecule has 3 nitrogen and oxygen atoms in total. The fraction of sp³-hybridized carbons (Fsp3) is 0.316. The lowest BCUT2D eigenvalue weighted by Crippen LogP contribution is -2.47. The summed E-state index contributed by atoms with van der Waals surface area (Å²) in [4.78, 5) is 13.6. The average molecular weight is 382 g/mol. The highest BCUT2D eigenvalue weighted by molar-refractivity contribution is 6.42. The largest absolute Gasteiger partial charge is 0.480 e. The Labute approximate surface area is 156 Å². The molecular weight excluding hydrogens is 364 g/mol. The van der Waals surface area contributed by atoms with Crippen LogP contribution in [0.3, 0.4) is 0 Å². The van der Waals surface area contributed by atoms with Crippen molar-refractivity contribution in [2.45, 2.75) is 31.3 Å². The third-order valence-corrected chi connectivity index (χ3v) is 5.36. The number of piperidine rings is 1. The average Bonchev–Trinajstić information content (AvgIpc) is 2.60.